The van der Waals surface area contributed by atoms with Gasteiger partial charge in [-0.1, -0.05) is 6.42 Å². The third-order valence-corrected chi connectivity index (χ3v) is 3.94. The van der Waals surface area contributed by atoms with Gasteiger partial charge < -0.3 is 5.32 Å². The van der Waals surface area contributed by atoms with Crippen molar-refractivity contribution in [3.05, 3.63) is 28.3 Å². The second-order valence-electron chi connectivity index (χ2n) is 5.45. The molecule has 0 aliphatic heterocycles. The number of aryl methyl sites for hydroxylation is 2. The zero-order chi connectivity index (χ0) is 15.7. The molecule has 22 heavy (non-hydrogen) atoms. The molecule has 0 radical (unpaired) electrons. The number of nitrogens with one attached hydrogen (secondary N) is 3. The molecule has 1 amide bonds. The predicted molar refractivity (Wildman–Crippen MR) is 76.1 cm³/mol. The lowest BCUT2D eigenvalue weighted by molar-refractivity contribution is 0.102. The number of anilines is 1. The Labute approximate surface area is 125 Å². The third kappa shape index (κ3) is 2.60. The maximum atomic E-state index is 12.9. The van der Waals surface area contributed by atoms with Crippen molar-refractivity contribution >= 4 is 11.6 Å². The lowest BCUT2D eigenvalue weighted by Crippen LogP contribution is -2.16. The normalized spacial score (nSPS) is 14.7. The number of H-pyrrole nitrogens is 2. The van der Waals surface area contributed by atoms with E-state index in [1.54, 1.807) is 6.92 Å². The molecule has 0 atom stereocenters. The number of fused-ring (bicyclic) bond motifs is 1. The smallest absolute Gasteiger partial charge is 0.284 e. The van der Waals surface area contributed by atoms with Crippen molar-refractivity contribution < 1.29 is 13.6 Å². The summed E-state index contributed by atoms with van der Waals surface area (Å²) < 4.78 is 25.8. The summed E-state index contributed by atoms with van der Waals surface area (Å²) in [6.45, 7) is 1.58. The van der Waals surface area contributed by atoms with Gasteiger partial charge in [-0.15, -0.1) is 0 Å². The Morgan fingerprint density at radius 2 is 1.95 bits per heavy atom. The summed E-state index contributed by atoms with van der Waals surface area (Å²) in [4.78, 5) is 12.4. The van der Waals surface area contributed by atoms with E-state index in [0.717, 1.165) is 43.4 Å². The number of alkyl halides is 2. The molecule has 2 aromatic rings. The molecule has 1 aliphatic rings. The van der Waals surface area contributed by atoms with E-state index in [1.807, 2.05) is 0 Å². The fraction of sp³-hybridized carbons (Fsp3) is 0.500. The summed E-state index contributed by atoms with van der Waals surface area (Å²) in [5.41, 5.74) is 2.14. The second kappa shape index (κ2) is 5.86. The molecule has 6 nitrogen and oxygen atoms in total. The average Bonchev–Trinajstić information content (AvgIpc) is 2.96. The number of hydrogen-bond acceptors (Lipinski definition) is 3. The lowest BCUT2D eigenvalue weighted by Gasteiger charge is -2.06. The third-order valence-electron chi connectivity index (χ3n) is 3.94. The molecule has 8 heteroatoms. The van der Waals surface area contributed by atoms with Crippen LogP contribution in [0, 0.1) is 6.92 Å². The monoisotopic (exact) mass is 309 g/mol. The number of hydrogen-bond donors (Lipinski definition) is 3. The van der Waals surface area contributed by atoms with Crippen LogP contribution in [0.3, 0.4) is 0 Å². The number of rotatable bonds is 3. The van der Waals surface area contributed by atoms with Crippen LogP contribution < -0.4 is 5.32 Å². The van der Waals surface area contributed by atoms with E-state index >= 15 is 0 Å². The minimum Gasteiger partial charge on any atom is -0.317 e. The Kier molecular flexibility index (Phi) is 3.91. The molecular formula is C14H17F2N5O. The number of aromatic amines is 2. The highest BCUT2D eigenvalue weighted by Crippen LogP contribution is 2.28. The van der Waals surface area contributed by atoms with Gasteiger partial charge in [0.2, 0.25) is 0 Å². The van der Waals surface area contributed by atoms with E-state index in [4.69, 9.17) is 0 Å². The quantitative estimate of drug-likeness (QED) is 0.762. The molecule has 3 rings (SSSR count). The van der Waals surface area contributed by atoms with Crippen LogP contribution in [-0.2, 0) is 12.8 Å². The maximum Gasteiger partial charge on any atom is 0.284 e. The van der Waals surface area contributed by atoms with Gasteiger partial charge in [-0.3, -0.25) is 15.0 Å². The molecule has 1 aliphatic carbocycles. The van der Waals surface area contributed by atoms with Crippen LogP contribution in [0.25, 0.3) is 0 Å². The largest absolute Gasteiger partial charge is 0.317 e. The van der Waals surface area contributed by atoms with Gasteiger partial charge in [0.15, 0.2) is 11.4 Å². The Balaban J connectivity index is 1.87. The zero-order valence-corrected chi connectivity index (χ0v) is 12.2. The molecule has 0 spiro atoms. The molecule has 0 fully saturated rings. The highest BCUT2D eigenvalue weighted by atomic mass is 19.3. The number of amides is 1. The van der Waals surface area contributed by atoms with Gasteiger partial charge >= 0.3 is 0 Å². The Hall–Kier alpha value is -2.25. The Bertz CT molecular complexity index is 691. The van der Waals surface area contributed by atoms with Crippen LogP contribution in [0.15, 0.2) is 0 Å². The number of carbonyl (C=O) groups excluding carboxylic acids is 1. The van der Waals surface area contributed by atoms with Crippen LogP contribution in [0.2, 0.25) is 0 Å². The molecule has 0 saturated heterocycles. The van der Waals surface area contributed by atoms with Crippen molar-refractivity contribution in [2.45, 2.75) is 45.5 Å². The summed E-state index contributed by atoms with van der Waals surface area (Å²) in [7, 11) is 0. The van der Waals surface area contributed by atoms with E-state index in [9.17, 15) is 13.6 Å². The number of carbonyl (C=O) groups is 1. The number of nitrogens with zero attached hydrogens (tertiary/aromatic N) is 2. The van der Waals surface area contributed by atoms with E-state index in [1.165, 1.54) is 0 Å². The first kappa shape index (κ1) is 14.7. The van der Waals surface area contributed by atoms with Crippen molar-refractivity contribution in [2.24, 2.45) is 0 Å². The molecule has 0 unspecified atom stereocenters. The molecule has 3 N–H and O–H groups in total. The van der Waals surface area contributed by atoms with Gasteiger partial charge in [-0.05, 0) is 32.6 Å². The molecule has 118 valence electrons. The van der Waals surface area contributed by atoms with E-state index in [-0.39, 0.29) is 11.4 Å². The van der Waals surface area contributed by atoms with Crippen LogP contribution in [0.1, 0.15) is 58.8 Å². The summed E-state index contributed by atoms with van der Waals surface area (Å²) in [6.07, 6.45) is 2.06. The van der Waals surface area contributed by atoms with Crippen molar-refractivity contribution in [3.8, 4) is 0 Å². The molecule has 2 heterocycles. The summed E-state index contributed by atoms with van der Waals surface area (Å²) >= 11 is 0. The van der Waals surface area contributed by atoms with E-state index in [2.05, 4.69) is 25.7 Å². The van der Waals surface area contributed by atoms with E-state index < -0.39 is 18.0 Å². The van der Waals surface area contributed by atoms with Gasteiger partial charge in [-0.2, -0.15) is 10.2 Å². The molecule has 0 saturated carbocycles. The molecule has 0 bridgehead atoms. The molecule has 2 aromatic heterocycles. The van der Waals surface area contributed by atoms with Crippen LogP contribution >= 0.6 is 0 Å². The standard InChI is InChI=1S/C14H17F2N5O/c1-7-10(12(13(15)16)21-18-7)17-14(22)11-8-5-3-2-4-6-9(8)19-20-11/h13H,2-6H2,1H3,(H,17,22)(H,18,21)(H,19,20). The number of aromatic nitrogens is 4. The van der Waals surface area contributed by atoms with Gasteiger partial charge in [-0.25, -0.2) is 8.78 Å². The summed E-state index contributed by atoms with van der Waals surface area (Å²) in [6, 6.07) is 0. The first-order chi connectivity index (χ1) is 10.6. The SMILES string of the molecule is Cc1[nH]nc(C(F)F)c1NC(=O)c1n[nH]c2c1CCCCC2. The highest BCUT2D eigenvalue weighted by molar-refractivity contribution is 6.04. The first-order valence-corrected chi connectivity index (χ1v) is 7.28. The Morgan fingerprint density at radius 1 is 1.18 bits per heavy atom. The van der Waals surface area contributed by atoms with Crippen molar-refractivity contribution in [1.82, 2.24) is 20.4 Å². The van der Waals surface area contributed by atoms with Crippen LogP contribution in [0.4, 0.5) is 14.5 Å². The Morgan fingerprint density at radius 3 is 2.73 bits per heavy atom. The average molecular weight is 309 g/mol. The van der Waals surface area contributed by atoms with Gasteiger partial charge in [0.1, 0.15) is 0 Å². The summed E-state index contributed by atoms with van der Waals surface area (Å²) in [5.74, 6) is -0.481. The maximum absolute atomic E-state index is 12.9. The lowest BCUT2D eigenvalue weighted by atomic mass is 10.1. The van der Waals surface area contributed by atoms with Crippen molar-refractivity contribution in [3.63, 3.8) is 0 Å². The predicted octanol–water partition coefficient (Wildman–Crippen LogP) is 2.90. The van der Waals surface area contributed by atoms with Crippen LogP contribution in [-0.4, -0.2) is 26.3 Å². The molecule has 0 aromatic carbocycles. The molecular weight excluding hydrogens is 292 g/mol. The van der Waals surface area contributed by atoms with Crippen molar-refractivity contribution in [1.29, 1.82) is 0 Å². The summed E-state index contributed by atoms with van der Waals surface area (Å²) in [5, 5.41) is 15.5. The highest BCUT2D eigenvalue weighted by Gasteiger charge is 2.25. The van der Waals surface area contributed by atoms with Crippen molar-refractivity contribution in [2.75, 3.05) is 5.32 Å². The van der Waals surface area contributed by atoms with Crippen LogP contribution in [0.5, 0.6) is 0 Å². The first-order valence-electron chi connectivity index (χ1n) is 7.28. The van der Waals surface area contributed by atoms with Gasteiger partial charge in [0.05, 0.1) is 11.4 Å². The second-order valence-corrected chi connectivity index (χ2v) is 5.45. The van der Waals surface area contributed by atoms with Gasteiger partial charge in [0.25, 0.3) is 12.3 Å². The minimum absolute atomic E-state index is 0.0328. The fourth-order valence-electron chi connectivity index (χ4n) is 2.78. The van der Waals surface area contributed by atoms with Gasteiger partial charge in [0, 0.05) is 11.3 Å². The zero-order valence-electron chi connectivity index (χ0n) is 12.2. The minimum atomic E-state index is -2.75. The number of halogens is 2. The topological polar surface area (TPSA) is 86.5 Å². The van der Waals surface area contributed by atoms with E-state index in [0.29, 0.717) is 5.69 Å². The fourth-order valence-corrected chi connectivity index (χ4v) is 2.78.